The Balaban J connectivity index is 4.53. The van der Waals surface area contributed by atoms with Crippen LogP contribution in [0.2, 0.25) is 0 Å². The Hall–Kier alpha value is -0.760. The van der Waals surface area contributed by atoms with Crippen molar-refractivity contribution in [3.8, 4) is 0 Å². The molecule has 0 fully saturated rings. The Labute approximate surface area is 265 Å². The number of phosphoric ester groups is 1. The van der Waals surface area contributed by atoms with Crippen LogP contribution in [0.15, 0.2) is 12.2 Å². The van der Waals surface area contributed by atoms with Gasteiger partial charge in [-0.05, 0) is 38.5 Å². The minimum Gasteiger partial charge on any atom is -0.391 e. The summed E-state index contributed by atoms with van der Waals surface area (Å²) in [6.45, 7) is 4.80. The van der Waals surface area contributed by atoms with Gasteiger partial charge in [-0.1, -0.05) is 116 Å². The van der Waals surface area contributed by atoms with Crippen molar-refractivity contribution in [2.24, 2.45) is 0 Å². The molecule has 0 aliphatic rings. The van der Waals surface area contributed by atoms with Gasteiger partial charge < -0.3 is 19.8 Å². The number of aliphatic hydroxyl groups excluding tert-OH is 1. The molecule has 0 aliphatic carbocycles. The number of aliphatic hydroxyl groups is 1. The first-order valence-corrected chi connectivity index (χ1v) is 19.0. The topological polar surface area (TPSA) is 105 Å². The quantitative estimate of drug-likeness (QED) is 0.0306. The lowest BCUT2D eigenvalue weighted by molar-refractivity contribution is -0.870. The SMILES string of the molecule is CCCCC/C=C\CCCCCCCC(=O)NC(COP(=O)(O)OCC[N+](C)(C)C)C(O)CCCCCCCCCCC. The maximum absolute atomic E-state index is 12.7. The average Bonchev–Trinajstić information content (AvgIpc) is 2.94. The van der Waals surface area contributed by atoms with E-state index in [0.29, 0.717) is 23.9 Å². The number of carbonyl (C=O) groups excluding carboxylic acids is 1. The Bertz CT molecular complexity index is 728. The van der Waals surface area contributed by atoms with Gasteiger partial charge in [-0.3, -0.25) is 13.8 Å². The fourth-order valence-electron chi connectivity index (χ4n) is 4.86. The number of likely N-dealkylation sites (N-methyl/N-ethyl adjacent to an activating group) is 1. The van der Waals surface area contributed by atoms with Crippen LogP contribution in [0.3, 0.4) is 0 Å². The van der Waals surface area contributed by atoms with Gasteiger partial charge in [0, 0.05) is 6.42 Å². The third-order valence-electron chi connectivity index (χ3n) is 7.76. The lowest BCUT2D eigenvalue weighted by atomic mass is 10.0. The van der Waals surface area contributed by atoms with E-state index >= 15 is 0 Å². The predicted molar refractivity (Wildman–Crippen MR) is 180 cm³/mol. The van der Waals surface area contributed by atoms with E-state index in [0.717, 1.165) is 51.4 Å². The second-order valence-corrected chi connectivity index (χ2v) is 14.7. The summed E-state index contributed by atoms with van der Waals surface area (Å²) in [6.07, 6.45) is 26.6. The molecule has 0 bridgehead atoms. The standard InChI is InChI=1S/C34H69N2O6P/c1-6-8-10-12-14-16-17-18-20-22-24-26-28-34(38)35-32(31-42-43(39,40)41-30-29-36(3,4)5)33(37)27-25-23-21-19-15-13-11-9-7-2/h14,16,32-33,37H,6-13,15,17-31H2,1-5H3,(H-,35,38,39,40)/p+1/b16-14-. The van der Waals surface area contributed by atoms with Crippen LogP contribution in [-0.2, 0) is 18.4 Å². The Morgan fingerprint density at radius 1 is 0.767 bits per heavy atom. The van der Waals surface area contributed by atoms with E-state index in [1.807, 2.05) is 21.1 Å². The lowest BCUT2D eigenvalue weighted by Crippen LogP contribution is -2.46. The van der Waals surface area contributed by atoms with Crippen molar-refractivity contribution < 1.29 is 32.9 Å². The summed E-state index contributed by atoms with van der Waals surface area (Å²) in [6, 6.07) is -0.756. The minimum atomic E-state index is -4.30. The van der Waals surface area contributed by atoms with Gasteiger partial charge in [0.2, 0.25) is 5.91 Å². The number of hydrogen-bond acceptors (Lipinski definition) is 5. The van der Waals surface area contributed by atoms with E-state index in [4.69, 9.17) is 9.05 Å². The van der Waals surface area contributed by atoms with Crippen LogP contribution in [0.4, 0.5) is 0 Å². The van der Waals surface area contributed by atoms with Crippen LogP contribution >= 0.6 is 7.82 Å². The maximum Gasteiger partial charge on any atom is 0.472 e. The van der Waals surface area contributed by atoms with Gasteiger partial charge in [0.1, 0.15) is 13.2 Å². The summed E-state index contributed by atoms with van der Waals surface area (Å²) in [5.41, 5.74) is 0. The Kier molecular flexibility index (Phi) is 27.1. The third-order valence-corrected chi connectivity index (χ3v) is 8.75. The number of rotatable bonds is 31. The fourth-order valence-corrected chi connectivity index (χ4v) is 5.60. The number of unbranched alkanes of at least 4 members (excludes halogenated alkanes) is 16. The molecule has 0 aromatic heterocycles. The van der Waals surface area contributed by atoms with Crippen LogP contribution in [-0.4, -0.2) is 73.4 Å². The van der Waals surface area contributed by atoms with E-state index in [-0.39, 0.29) is 19.1 Å². The van der Waals surface area contributed by atoms with Crippen LogP contribution in [0.25, 0.3) is 0 Å². The highest BCUT2D eigenvalue weighted by atomic mass is 31.2. The molecule has 8 nitrogen and oxygen atoms in total. The van der Waals surface area contributed by atoms with Gasteiger partial charge in [-0.15, -0.1) is 0 Å². The molecule has 0 rings (SSSR count). The summed E-state index contributed by atoms with van der Waals surface area (Å²) in [7, 11) is 1.61. The molecule has 0 aromatic rings. The Morgan fingerprint density at radius 3 is 1.84 bits per heavy atom. The fraction of sp³-hybridized carbons (Fsp3) is 0.912. The molecule has 1 amide bonds. The highest BCUT2D eigenvalue weighted by Crippen LogP contribution is 2.43. The number of amides is 1. The third kappa shape index (κ3) is 29.7. The summed E-state index contributed by atoms with van der Waals surface area (Å²) >= 11 is 0. The number of quaternary nitrogens is 1. The largest absolute Gasteiger partial charge is 0.472 e. The summed E-state index contributed by atoms with van der Waals surface area (Å²) in [5.74, 6) is -0.159. The van der Waals surface area contributed by atoms with E-state index in [1.54, 1.807) is 0 Å². The Morgan fingerprint density at radius 2 is 1.26 bits per heavy atom. The first-order chi connectivity index (χ1) is 20.5. The van der Waals surface area contributed by atoms with Gasteiger partial charge in [0.05, 0.1) is 39.9 Å². The van der Waals surface area contributed by atoms with Gasteiger partial charge in [-0.2, -0.15) is 0 Å². The number of hydrogen-bond donors (Lipinski definition) is 3. The molecule has 256 valence electrons. The number of phosphoric acid groups is 1. The zero-order valence-corrected chi connectivity index (χ0v) is 29.6. The molecule has 0 saturated heterocycles. The van der Waals surface area contributed by atoms with E-state index in [1.165, 1.54) is 70.6 Å². The molecule has 3 unspecified atom stereocenters. The maximum atomic E-state index is 12.7. The molecular weight excluding hydrogens is 563 g/mol. The zero-order chi connectivity index (χ0) is 32.2. The molecule has 9 heteroatoms. The van der Waals surface area contributed by atoms with Crippen molar-refractivity contribution in [1.82, 2.24) is 5.32 Å². The number of allylic oxidation sites excluding steroid dienone is 2. The monoisotopic (exact) mass is 633 g/mol. The second kappa shape index (κ2) is 27.5. The summed E-state index contributed by atoms with van der Waals surface area (Å²) in [5, 5.41) is 13.8. The first-order valence-electron chi connectivity index (χ1n) is 17.6. The number of carbonyl (C=O) groups is 1. The molecule has 0 aromatic carbocycles. The molecule has 0 aliphatic heterocycles. The highest BCUT2D eigenvalue weighted by Gasteiger charge is 2.28. The molecule has 0 saturated carbocycles. The van der Waals surface area contributed by atoms with Crippen LogP contribution in [0.5, 0.6) is 0 Å². The van der Waals surface area contributed by atoms with Crippen molar-refractivity contribution in [2.75, 3.05) is 40.9 Å². The molecule has 0 spiro atoms. The normalized spacial score (nSPS) is 15.0. The number of nitrogens with one attached hydrogen (secondary N) is 1. The molecule has 43 heavy (non-hydrogen) atoms. The zero-order valence-electron chi connectivity index (χ0n) is 28.7. The van der Waals surface area contributed by atoms with Crippen molar-refractivity contribution in [3.05, 3.63) is 12.2 Å². The average molecular weight is 634 g/mol. The molecule has 3 atom stereocenters. The lowest BCUT2D eigenvalue weighted by Gasteiger charge is -2.26. The molecular formula is C34H70N2O6P+. The highest BCUT2D eigenvalue weighted by molar-refractivity contribution is 7.47. The van der Waals surface area contributed by atoms with Crippen molar-refractivity contribution in [2.45, 2.75) is 161 Å². The molecule has 0 radical (unpaired) electrons. The summed E-state index contributed by atoms with van der Waals surface area (Å²) in [4.78, 5) is 22.9. The molecule has 0 heterocycles. The smallest absolute Gasteiger partial charge is 0.391 e. The minimum absolute atomic E-state index is 0.0740. The number of nitrogens with zero attached hydrogens (tertiary/aromatic N) is 1. The van der Waals surface area contributed by atoms with E-state index < -0.39 is 20.0 Å². The first kappa shape index (κ1) is 42.2. The predicted octanol–water partition coefficient (Wildman–Crippen LogP) is 8.46. The van der Waals surface area contributed by atoms with Crippen molar-refractivity contribution in [3.63, 3.8) is 0 Å². The van der Waals surface area contributed by atoms with E-state index in [2.05, 4.69) is 31.3 Å². The van der Waals surface area contributed by atoms with Crippen LogP contribution in [0.1, 0.15) is 149 Å². The van der Waals surface area contributed by atoms with Gasteiger partial charge in [0.15, 0.2) is 0 Å². The van der Waals surface area contributed by atoms with E-state index in [9.17, 15) is 19.4 Å². The summed E-state index contributed by atoms with van der Waals surface area (Å²) < 4.78 is 23.4. The van der Waals surface area contributed by atoms with Crippen molar-refractivity contribution >= 4 is 13.7 Å². The second-order valence-electron chi connectivity index (χ2n) is 13.2. The van der Waals surface area contributed by atoms with Crippen LogP contribution < -0.4 is 5.32 Å². The van der Waals surface area contributed by atoms with Gasteiger partial charge in [0.25, 0.3) is 0 Å². The van der Waals surface area contributed by atoms with Gasteiger partial charge in [-0.25, -0.2) is 4.57 Å². The van der Waals surface area contributed by atoms with Gasteiger partial charge >= 0.3 is 7.82 Å². The molecule has 3 N–H and O–H groups in total. The van der Waals surface area contributed by atoms with Crippen LogP contribution in [0, 0.1) is 0 Å². The van der Waals surface area contributed by atoms with Crippen molar-refractivity contribution in [1.29, 1.82) is 0 Å².